The number of nitrogens with one attached hydrogen (secondary N) is 1. The van der Waals surface area contributed by atoms with Crippen molar-refractivity contribution in [3.8, 4) is 17.6 Å². The number of amides is 1. The topological polar surface area (TPSA) is 71.3 Å². The summed E-state index contributed by atoms with van der Waals surface area (Å²) in [6.07, 6.45) is 4.12. The standard InChI is InChI=1S/C18H18N2O3S/c1-22-11-7-8-15(23-2)13(9-11)17(21)20-18-14(10-19)12-5-3-4-6-16(12)24-18/h7-9H,3-6H2,1-2H3,(H,20,21). The van der Waals surface area contributed by atoms with E-state index in [1.165, 1.54) is 23.3 Å². The van der Waals surface area contributed by atoms with E-state index < -0.39 is 0 Å². The van der Waals surface area contributed by atoms with Crippen LogP contribution >= 0.6 is 11.3 Å². The van der Waals surface area contributed by atoms with Crippen molar-refractivity contribution in [1.29, 1.82) is 5.26 Å². The van der Waals surface area contributed by atoms with Crippen LogP contribution in [0.25, 0.3) is 0 Å². The molecular weight excluding hydrogens is 324 g/mol. The zero-order valence-electron chi connectivity index (χ0n) is 13.6. The smallest absolute Gasteiger partial charge is 0.260 e. The molecule has 0 saturated heterocycles. The van der Waals surface area contributed by atoms with Gasteiger partial charge in [0.15, 0.2) is 0 Å². The Kier molecular flexibility index (Phi) is 4.72. The maximum Gasteiger partial charge on any atom is 0.260 e. The Morgan fingerprint density at radius 2 is 2.04 bits per heavy atom. The van der Waals surface area contributed by atoms with Gasteiger partial charge in [0, 0.05) is 4.88 Å². The maximum atomic E-state index is 12.7. The molecule has 2 aromatic rings. The van der Waals surface area contributed by atoms with Crippen molar-refractivity contribution < 1.29 is 14.3 Å². The van der Waals surface area contributed by atoms with E-state index in [1.54, 1.807) is 25.3 Å². The SMILES string of the molecule is COc1ccc(OC)c(C(=O)Nc2sc3c(c2C#N)CCCC3)c1. The van der Waals surface area contributed by atoms with Gasteiger partial charge in [0.1, 0.15) is 22.6 Å². The number of methoxy groups -OCH3 is 2. The zero-order chi connectivity index (χ0) is 17.1. The average Bonchev–Trinajstić information content (AvgIpc) is 2.97. The Hall–Kier alpha value is -2.52. The van der Waals surface area contributed by atoms with Gasteiger partial charge in [-0.05, 0) is 49.4 Å². The molecule has 0 radical (unpaired) electrons. The number of nitrogens with zero attached hydrogens (tertiary/aromatic N) is 1. The second-order valence-corrected chi connectivity index (χ2v) is 6.65. The Bertz CT molecular complexity index is 820. The second kappa shape index (κ2) is 6.93. The summed E-state index contributed by atoms with van der Waals surface area (Å²) in [5, 5.41) is 13.0. The molecule has 1 N–H and O–H groups in total. The van der Waals surface area contributed by atoms with E-state index >= 15 is 0 Å². The van der Waals surface area contributed by atoms with Crippen molar-refractivity contribution in [1.82, 2.24) is 0 Å². The molecule has 1 heterocycles. The number of hydrogen-bond donors (Lipinski definition) is 1. The van der Waals surface area contributed by atoms with E-state index in [1.807, 2.05) is 0 Å². The summed E-state index contributed by atoms with van der Waals surface area (Å²) < 4.78 is 10.4. The summed E-state index contributed by atoms with van der Waals surface area (Å²) in [7, 11) is 3.06. The summed E-state index contributed by atoms with van der Waals surface area (Å²) in [6.45, 7) is 0. The highest BCUT2D eigenvalue weighted by Gasteiger charge is 2.23. The van der Waals surface area contributed by atoms with Crippen LogP contribution in [-0.2, 0) is 12.8 Å². The van der Waals surface area contributed by atoms with Gasteiger partial charge in [-0.3, -0.25) is 4.79 Å². The lowest BCUT2D eigenvalue weighted by Crippen LogP contribution is -2.13. The van der Waals surface area contributed by atoms with Gasteiger partial charge in [0.2, 0.25) is 0 Å². The van der Waals surface area contributed by atoms with Crippen LogP contribution < -0.4 is 14.8 Å². The lowest BCUT2D eigenvalue weighted by atomic mass is 9.96. The van der Waals surface area contributed by atoms with E-state index in [0.717, 1.165) is 31.2 Å². The first-order valence-corrected chi connectivity index (χ1v) is 8.57. The summed E-state index contributed by atoms with van der Waals surface area (Å²) in [5.41, 5.74) is 2.08. The minimum absolute atomic E-state index is 0.305. The first-order valence-electron chi connectivity index (χ1n) is 7.76. The molecule has 1 aromatic heterocycles. The number of nitriles is 1. The minimum atomic E-state index is -0.305. The summed E-state index contributed by atoms with van der Waals surface area (Å²) >= 11 is 1.51. The van der Waals surface area contributed by atoms with E-state index in [9.17, 15) is 10.1 Å². The molecule has 1 aromatic carbocycles. The molecule has 0 aliphatic heterocycles. The molecule has 0 atom stereocenters. The minimum Gasteiger partial charge on any atom is -0.497 e. The molecule has 5 nitrogen and oxygen atoms in total. The average molecular weight is 342 g/mol. The van der Waals surface area contributed by atoms with Crippen molar-refractivity contribution >= 4 is 22.2 Å². The van der Waals surface area contributed by atoms with Crippen LogP contribution in [0.1, 0.15) is 39.2 Å². The summed E-state index contributed by atoms with van der Waals surface area (Å²) in [4.78, 5) is 13.9. The van der Waals surface area contributed by atoms with Crippen LogP contribution in [0, 0.1) is 11.3 Å². The van der Waals surface area contributed by atoms with Gasteiger partial charge in [-0.2, -0.15) is 5.26 Å². The van der Waals surface area contributed by atoms with Crippen molar-refractivity contribution in [3.05, 3.63) is 39.8 Å². The normalized spacial score (nSPS) is 12.9. The van der Waals surface area contributed by atoms with Crippen molar-refractivity contribution in [3.63, 3.8) is 0 Å². The fourth-order valence-corrected chi connectivity index (χ4v) is 4.17. The highest BCUT2D eigenvalue weighted by atomic mass is 32.1. The molecule has 0 spiro atoms. The monoisotopic (exact) mass is 342 g/mol. The number of ether oxygens (including phenoxy) is 2. The summed E-state index contributed by atoms with van der Waals surface area (Å²) in [6, 6.07) is 7.31. The molecule has 0 unspecified atom stereocenters. The first kappa shape index (κ1) is 16.3. The van der Waals surface area contributed by atoms with E-state index in [2.05, 4.69) is 11.4 Å². The van der Waals surface area contributed by atoms with E-state index in [4.69, 9.17) is 9.47 Å². The first-order chi connectivity index (χ1) is 11.7. The largest absolute Gasteiger partial charge is 0.497 e. The number of carbonyl (C=O) groups excluding carboxylic acids is 1. The quantitative estimate of drug-likeness (QED) is 0.918. The molecule has 0 saturated carbocycles. The van der Waals surface area contributed by atoms with Crippen LogP contribution in [0.15, 0.2) is 18.2 Å². The number of aryl methyl sites for hydroxylation is 1. The van der Waals surface area contributed by atoms with Crippen molar-refractivity contribution in [2.45, 2.75) is 25.7 Å². The van der Waals surface area contributed by atoms with Gasteiger partial charge in [-0.15, -0.1) is 11.3 Å². The van der Waals surface area contributed by atoms with Crippen LogP contribution in [0.4, 0.5) is 5.00 Å². The number of rotatable bonds is 4. The molecule has 0 bridgehead atoms. The van der Waals surface area contributed by atoms with Crippen LogP contribution in [0.5, 0.6) is 11.5 Å². The molecule has 24 heavy (non-hydrogen) atoms. The van der Waals surface area contributed by atoms with Crippen molar-refractivity contribution in [2.75, 3.05) is 19.5 Å². The Morgan fingerprint density at radius 3 is 2.75 bits per heavy atom. The van der Waals surface area contributed by atoms with Gasteiger partial charge in [0.25, 0.3) is 5.91 Å². The van der Waals surface area contributed by atoms with E-state index in [0.29, 0.717) is 27.6 Å². The third kappa shape index (κ3) is 2.95. The van der Waals surface area contributed by atoms with Gasteiger partial charge in [-0.1, -0.05) is 0 Å². The third-order valence-corrected chi connectivity index (χ3v) is 5.37. The Morgan fingerprint density at radius 1 is 1.25 bits per heavy atom. The van der Waals surface area contributed by atoms with Gasteiger partial charge in [0.05, 0.1) is 25.3 Å². The number of anilines is 1. The highest BCUT2D eigenvalue weighted by molar-refractivity contribution is 7.16. The Balaban J connectivity index is 1.93. The molecule has 1 amide bonds. The molecular formula is C18H18N2O3S. The molecule has 124 valence electrons. The van der Waals surface area contributed by atoms with Gasteiger partial charge in [-0.25, -0.2) is 0 Å². The lowest BCUT2D eigenvalue weighted by molar-refractivity contribution is 0.102. The highest BCUT2D eigenvalue weighted by Crippen LogP contribution is 2.38. The zero-order valence-corrected chi connectivity index (χ0v) is 14.5. The van der Waals surface area contributed by atoms with Crippen molar-refractivity contribution in [2.24, 2.45) is 0 Å². The number of fused-ring (bicyclic) bond motifs is 1. The number of carbonyl (C=O) groups is 1. The summed E-state index contributed by atoms with van der Waals surface area (Å²) in [5.74, 6) is 0.737. The predicted octanol–water partition coefficient (Wildman–Crippen LogP) is 3.77. The maximum absolute atomic E-state index is 12.7. The number of benzene rings is 1. The predicted molar refractivity (Wildman–Crippen MR) is 93.2 cm³/mol. The van der Waals surface area contributed by atoms with Gasteiger partial charge >= 0.3 is 0 Å². The van der Waals surface area contributed by atoms with Crippen LogP contribution in [-0.4, -0.2) is 20.1 Å². The number of hydrogen-bond acceptors (Lipinski definition) is 5. The van der Waals surface area contributed by atoms with Crippen LogP contribution in [0.3, 0.4) is 0 Å². The fraction of sp³-hybridized carbons (Fsp3) is 0.333. The molecule has 6 heteroatoms. The van der Waals surface area contributed by atoms with Gasteiger partial charge < -0.3 is 14.8 Å². The van der Waals surface area contributed by atoms with E-state index in [-0.39, 0.29) is 5.91 Å². The molecule has 3 rings (SSSR count). The molecule has 1 aliphatic carbocycles. The lowest BCUT2D eigenvalue weighted by Gasteiger charge is -2.10. The Labute approximate surface area is 144 Å². The third-order valence-electron chi connectivity index (χ3n) is 4.16. The second-order valence-electron chi connectivity index (χ2n) is 5.55. The molecule has 1 aliphatic rings. The fourth-order valence-electron chi connectivity index (χ4n) is 2.93. The van der Waals surface area contributed by atoms with Crippen LogP contribution in [0.2, 0.25) is 0 Å². The number of thiophene rings is 1. The molecule has 0 fully saturated rings.